The fourth-order valence-corrected chi connectivity index (χ4v) is 5.62. The fourth-order valence-electron chi connectivity index (χ4n) is 5.01. The molecule has 0 aliphatic rings. The molecule has 0 saturated carbocycles. The third-order valence-electron chi connectivity index (χ3n) is 7.02. The van der Waals surface area contributed by atoms with E-state index in [4.69, 9.17) is 0 Å². The third-order valence-corrected chi connectivity index (χ3v) is 7.96. The van der Waals surface area contributed by atoms with Gasteiger partial charge in [0.05, 0.1) is 28.5 Å². The minimum atomic E-state index is -3.20. The van der Waals surface area contributed by atoms with Gasteiger partial charge < -0.3 is 10.3 Å². The van der Waals surface area contributed by atoms with Crippen LogP contribution in [-0.4, -0.2) is 61.5 Å². The van der Waals surface area contributed by atoms with Gasteiger partial charge in [-0.1, -0.05) is 19.9 Å². The van der Waals surface area contributed by atoms with Crippen LogP contribution >= 0.6 is 0 Å². The lowest BCUT2D eigenvalue weighted by Crippen LogP contribution is -2.13. The Labute approximate surface area is 252 Å². The van der Waals surface area contributed by atoms with Crippen LogP contribution in [0.15, 0.2) is 61.2 Å². The molecule has 0 fully saturated rings. The van der Waals surface area contributed by atoms with Crippen molar-refractivity contribution in [3.8, 4) is 33.8 Å². The number of carbonyl (C=O) groups is 1. The third kappa shape index (κ3) is 6.32. The van der Waals surface area contributed by atoms with E-state index in [9.17, 15) is 17.6 Å². The molecule has 224 valence electrons. The van der Waals surface area contributed by atoms with Gasteiger partial charge >= 0.3 is 0 Å². The number of halogens is 1. The molecule has 0 radical (unpaired) electrons. The SMILES string of the molecule is CC(C)CC(=O)Nc1cncc(-c2cnc3n[nH]c(-c4nc5nccc(-c6cc(F)cc(CCS(C)(=O)=O)c6)c5[nH]4)c3c2)c1. The highest BCUT2D eigenvalue weighted by molar-refractivity contribution is 7.90. The number of carbonyl (C=O) groups excluding carboxylic acids is 1. The molecule has 11 nitrogen and oxygen atoms in total. The van der Waals surface area contributed by atoms with Crippen molar-refractivity contribution in [3.63, 3.8) is 0 Å². The Kier molecular flexibility index (Phi) is 7.64. The topological polar surface area (TPSA) is 159 Å². The second-order valence-electron chi connectivity index (χ2n) is 11.2. The predicted molar refractivity (Wildman–Crippen MR) is 167 cm³/mol. The quantitative estimate of drug-likeness (QED) is 0.197. The zero-order valence-corrected chi connectivity index (χ0v) is 25.0. The maximum atomic E-state index is 14.6. The van der Waals surface area contributed by atoms with Crippen molar-refractivity contribution in [2.45, 2.75) is 26.7 Å². The number of nitrogens with one attached hydrogen (secondary N) is 3. The van der Waals surface area contributed by atoms with Crippen molar-refractivity contribution >= 4 is 43.6 Å². The summed E-state index contributed by atoms with van der Waals surface area (Å²) >= 11 is 0. The van der Waals surface area contributed by atoms with Crippen molar-refractivity contribution in [1.29, 1.82) is 0 Å². The van der Waals surface area contributed by atoms with Gasteiger partial charge in [-0.15, -0.1) is 0 Å². The average Bonchev–Trinajstić information content (AvgIpc) is 3.59. The summed E-state index contributed by atoms with van der Waals surface area (Å²) in [4.78, 5) is 33.5. The van der Waals surface area contributed by atoms with Gasteiger partial charge in [0, 0.05) is 48.0 Å². The number of amides is 1. The number of pyridine rings is 3. The maximum absolute atomic E-state index is 14.6. The van der Waals surface area contributed by atoms with Crippen LogP contribution in [0.25, 0.3) is 56.0 Å². The number of sulfone groups is 1. The van der Waals surface area contributed by atoms with E-state index in [1.807, 2.05) is 26.0 Å². The molecule has 0 saturated heterocycles. The van der Waals surface area contributed by atoms with Crippen LogP contribution < -0.4 is 5.32 Å². The lowest BCUT2D eigenvalue weighted by atomic mass is 10.0. The Morgan fingerprint density at radius 2 is 1.82 bits per heavy atom. The molecule has 0 unspecified atom stereocenters. The van der Waals surface area contributed by atoms with E-state index >= 15 is 0 Å². The van der Waals surface area contributed by atoms with E-state index in [0.717, 1.165) is 17.4 Å². The zero-order valence-electron chi connectivity index (χ0n) is 24.2. The van der Waals surface area contributed by atoms with Crippen molar-refractivity contribution in [2.24, 2.45) is 5.92 Å². The lowest BCUT2D eigenvalue weighted by Gasteiger charge is -2.08. The number of rotatable bonds is 9. The van der Waals surface area contributed by atoms with Crippen molar-refractivity contribution in [2.75, 3.05) is 17.3 Å². The van der Waals surface area contributed by atoms with Crippen LogP contribution in [0.1, 0.15) is 25.8 Å². The maximum Gasteiger partial charge on any atom is 0.224 e. The number of aryl methyl sites for hydroxylation is 1. The van der Waals surface area contributed by atoms with Crippen LogP contribution in [0, 0.1) is 11.7 Å². The molecular formula is C31H29FN8O3S. The number of aromatic amines is 2. The van der Waals surface area contributed by atoms with Gasteiger partial charge in [0.1, 0.15) is 21.3 Å². The summed E-state index contributed by atoms with van der Waals surface area (Å²) in [5.41, 5.74) is 6.00. The smallest absolute Gasteiger partial charge is 0.224 e. The number of imidazole rings is 1. The first-order valence-corrected chi connectivity index (χ1v) is 16.0. The lowest BCUT2D eigenvalue weighted by molar-refractivity contribution is -0.116. The van der Waals surface area contributed by atoms with E-state index in [-0.39, 0.29) is 24.0 Å². The number of hydrogen-bond acceptors (Lipinski definition) is 8. The molecule has 6 aromatic rings. The molecule has 1 aromatic carbocycles. The summed E-state index contributed by atoms with van der Waals surface area (Å²) < 4.78 is 38.0. The second kappa shape index (κ2) is 11.6. The fraction of sp³-hybridized carbons (Fsp3) is 0.226. The van der Waals surface area contributed by atoms with Crippen molar-refractivity contribution < 1.29 is 17.6 Å². The molecule has 0 aliphatic heterocycles. The molecule has 13 heteroatoms. The normalized spacial score (nSPS) is 11.9. The molecule has 5 aromatic heterocycles. The molecule has 0 atom stereocenters. The Balaban J connectivity index is 1.36. The molecule has 1 amide bonds. The average molecular weight is 613 g/mol. The van der Waals surface area contributed by atoms with E-state index in [2.05, 4.69) is 40.4 Å². The van der Waals surface area contributed by atoms with Crippen LogP contribution in [0.2, 0.25) is 0 Å². The first-order chi connectivity index (χ1) is 21.0. The van der Waals surface area contributed by atoms with Crippen LogP contribution in [0.4, 0.5) is 10.1 Å². The number of hydrogen-bond donors (Lipinski definition) is 3. The van der Waals surface area contributed by atoms with Crippen LogP contribution in [0.3, 0.4) is 0 Å². The van der Waals surface area contributed by atoms with Gasteiger partial charge in [-0.05, 0) is 53.8 Å². The highest BCUT2D eigenvalue weighted by Crippen LogP contribution is 2.33. The van der Waals surface area contributed by atoms with Gasteiger partial charge in [0.2, 0.25) is 5.91 Å². The number of aromatic nitrogens is 7. The summed E-state index contributed by atoms with van der Waals surface area (Å²) in [6, 6.07) is 10.0. The number of benzene rings is 1. The first kappa shape index (κ1) is 29.1. The summed E-state index contributed by atoms with van der Waals surface area (Å²) in [6.07, 6.45) is 8.34. The summed E-state index contributed by atoms with van der Waals surface area (Å²) in [5, 5.41) is 10.9. The summed E-state index contributed by atoms with van der Waals surface area (Å²) in [6.45, 7) is 3.97. The molecule has 0 spiro atoms. The second-order valence-corrected chi connectivity index (χ2v) is 13.4. The molecular weight excluding hydrogens is 583 g/mol. The van der Waals surface area contributed by atoms with Crippen LogP contribution in [-0.2, 0) is 21.1 Å². The largest absolute Gasteiger partial charge is 0.335 e. The first-order valence-electron chi connectivity index (χ1n) is 13.9. The van der Waals surface area contributed by atoms with Crippen LogP contribution in [0.5, 0.6) is 0 Å². The summed E-state index contributed by atoms with van der Waals surface area (Å²) in [7, 11) is -3.20. The van der Waals surface area contributed by atoms with Gasteiger partial charge in [-0.3, -0.25) is 14.9 Å². The molecule has 44 heavy (non-hydrogen) atoms. The number of H-pyrrole nitrogens is 2. The minimum absolute atomic E-state index is 0.0775. The highest BCUT2D eigenvalue weighted by atomic mass is 32.2. The summed E-state index contributed by atoms with van der Waals surface area (Å²) in [5.74, 6) is 0.0760. The van der Waals surface area contributed by atoms with E-state index in [1.165, 1.54) is 12.1 Å². The molecule has 3 N–H and O–H groups in total. The van der Waals surface area contributed by atoms with Gasteiger partial charge in [-0.25, -0.2) is 27.8 Å². The van der Waals surface area contributed by atoms with Gasteiger partial charge in [0.15, 0.2) is 17.1 Å². The van der Waals surface area contributed by atoms with Gasteiger partial charge in [-0.2, -0.15) is 5.10 Å². The Morgan fingerprint density at radius 3 is 2.61 bits per heavy atom. The molecule has 6 rings (SSSR count). The van der Waals surface area contributed by atoms with Crippen molar-refractivity contribution in [1.82, 2.24) is 35.1 Å². The molecule has 0 bridgehead atoms. The number of anilines is 1. The van der Waals surface area contributed by atoms with Gasteiger partial charge in [0.25, 0.3) is 0 Å². The van der Waals surface area contributed by atoms with E-state index in [0.29, 0.717) is 62.5 Å². The Bertz CT molecular complexity index is 2140. The predicted octanol–water partition coefficient (Wildman–Crippen LogP) is 5.34. The molecule has 0 aliphatic carbocycles. The Morgan fingerprint density at radius 1 is 1.00 bits per heavy atom. The number of nitrogens with zero attached hydrogens (tertiary/aromatic N) is 5. The minimum Gasteiger partial charge on any atom is -0.335 e. The highest BCUT2D eigenvalue weighted by Gasteiger charge is 2.18. The monoisotopic (exact) mass is 612 g/mol. The van der Waals surface area contributed by atoms with E-state index in [1.54, 1.807) is 36.9 Å². The standard InChI is InChI=1S/C31H29FN8O3S/c1-17(2)8-26(41)36-23-12-20(14-33-16-23)21-13-25-28(39-40-29(25)35-15-21)31-37-27-24(4-6-34-30(27)38-31)19-9-18(10-22(32)11-19)5-7-44(3,42)43/h4,6,9-17H,5,7-8H2,1-3H3,(H,36,41)(H,34,37,38)(H,35,39,40). The Hall–Kier alpha value is -5.04. The zero-order chi connectivity index (χ0) is 31.0. The van der Waals surface area contributed by atoms with E-state index < -0.39 is 15.7 Å². The van der Waals surface area contributed by atoms with Crippen molar-refractivity contribution in [3.05, 3.63) is 72.6 Å². The molecule has 5 heterocycles. The number of fused-ring (bicyclic) bond motifs is 2.